The van der Waals surface area contributed by atoms with E-state index in [1.54, 1.807) is 47.9 Å². The third kappa shape index (κ3) is 5.96. The summed E-state index contributed by atoms with van der Waals surface area (Å²) in [7, 11) is 4.66. The van der Waals surface area contributed by atoms with Gasteiger partial charge in [-0.3, -0.25) is 9.10 Å². The Balaban J connectivity index is 1.32. The lowest BCUT2D eigenvalue weighted by atomic mass is 9.93. The van der Waals surface area contributed by atoms with E-state index in [-0.39, 0.29) is 33.9 Å². The zero-order valence-electron chi connectivity index (χ0n) is 29.5. The Kier molecular flexibility index (Phi) is 8.85. The number of likely N-dealkylation sites (tertiary alicyclic amines) is 1. The molecule has 1 fully saturated rings. The van der Waals surface area contributed by atoms with Crippen molar-refractivity contribution in [3.8, 4) is 34.0 Å². The van der Waals surface area contributed by atoms with E-state index in [0.29, 0.717) is 47.2 Å². The van der Waals surface area contributed by atoms with E-state index in [1.807, 2.05) is 18.2 Å². The summed E-state index contributed by atoms with van der Waals surface area (Å²) in [6.07, 6.45) is 2.72. The molecule has 4 unspecified atom stereocenters. The summed E-state index contributed by atoms with van der Waals surface area (Å²) in [4.78, 5) is 21.2. The molecule has 0 spiro atoms. The highest BCUT2D eigenvalue weighted by molar-refractivity contribution is 7.85. The number of furan rings is 1. The molecule has 2 aliphatic rings. The summed E-state index contributed by atoms with van der Waals surface area (Å²) < 4.78 is 53.8. The minimum absolute atomic E-state index is 0.0961. The molecular formula is C39H39F2N5O3P2S. The Hall–Kier alpha value is -4.01. The van der Waals surface area contributed by atoms with Crippen LogP contribution in [0.2, 0.25) is 0 Å². The molecule has 3 aromatic heterocycles. The molecule has 5 heterocycles. The number of benzene rings is 3. The molecular weight excluding hydrogens is 718 g/mol. The van der Waals surface area contributed by atoms with E-state index in [0.717, 1.165) is 48.3 Å². The third-order valence-electron chi connectivity index (χ3n) is 10.3. The van der Waals surface area contributed by atoms with Gasteiger partial charge in [-0.15, -0.1) is 9.24 Å². The van der Waals surface area contributed by atoms with Gasteiger partial charge in [-0.05, 0) is 66.1 Å². The fourth-order valence-corrected chi connectivity index (χ4v) is 9.93. The summed E-state index contributed by atoms with van der Waals surface area (Å²) in [5, 5.41) is 5.44. The highest BCUT2D eigenvalue weighted by Gasteiger charge is 2.35. The standard InChI is InChI=1S/C39H39F2N5O3P2S/c1-39(2)13-14-45(20-39)19-34-46-29-8-6-7-26(40)23(29)17-31(46)36-33(51-34)12-11-28(43-36)24-16-25-32(18-30(24)44(4)52(5)48)49-37(35(25)38(47)42-3)22-10-9-21(50)15-27(22)41/h6-12,15-18,34,51H,13-14,19-20,50H2,1-5H3,(H,42,47). The maximum absolute atomic E-state index is 15.4. The maximum atomic E-state index is 15.4. The number of anilines is 1. The largest absolute Gasteiger partial charge is 0.455 e. The molecule has 3 aromatic carbocycles. The van der Waals surface area contributed by atoms with Crippen molar-refractivity contribution in [1.29, 1.82) is 0 Å². The number of fused-ring (bicyclic) bond motifs is 6. The van der Waals surface area contributed by atoms with E-state index in [9.17, 15) is 9.00 Å². The monoisotopic (exact) mass is 757 g/mol. The van der Waals surface area contributed by atoms with E-state index < -0.39 is 22.7 Å². The molecule has 52 heavy (non-hydrogen) atoms. The number of amides is 1. The van der Waals surface area contributed by atoms with Crippen molar-refractivity contribution in [2.24, 2.45) is 5.41 Å². The van der Waals surface area contributed by atoms with Crippen LogP contribution in [0.15, 0.2) is 71.1 Å². The van der Waals surface area contributed by atoms with Gasteiger partial charge in [0.2, 0.25) is 0 Å². The first-order chi connectivity index (χ1) is 24.8. The van der Waals surface area contributed by atoms with Gasteiger partial charge in [0.15, 0.2) is 5.76 Å². The number of halogens is 2. The Morgan fingerprint density at radius 2 is 1.90 bits per heavy atom. The number of hydrogen-bond donors (Lipinski definition) is 1. The van der Waals surface area contributed by atoms with Crippen LogP contribution < -0.4 is 20.2 Å². The summed E-state index contributed by atoms with van der Waals surface area (Å²) in [6, 6.07) is 19.4. The molecule has 2 aliphatic heterocycles. The second-order valence-corrected chi connectivity index (χ2v) is 17.9. The molecule has 0 bridgehead atoms. The van der Waals surface area contributed by atoms with Crippen molar-refractivity contribution in [2.75, 3.05) is 44.3 Å². The van der Waals surface area contributed by atoms with Crippen molar-refractivity contribution in [1.82, 2.24) is 19.8 Å². The van der Waals surface area contributed by atoms with Crippen LogP contribution in [0.1, 0.15) is 36.4 Å². The average Bonchev–Trinajstić information content (AvgIpc) is 3.79. The van der Waals surface area contributed by atoms with Crippen LogP contribution in [0.4, 0.5) is 14.5 Å². The van der Waals surface area contributed by atoms with Gasteiger partial charge in [0, 0.05) is 61.1 Å². The fraction of sp³-hybridized carbons (Fsp3) is 0.282. The van der Waals surface area contributed by atoms with Crippen molar-refractivity contribution in [2.45, 2.75) is 26.1 Å². The number of carbonyl (C=O) groups excluding carboxylic acids is 1. The van der Waals surface area contributed by atoms with Crippen molar-refractivity contribution >= 4 is 72.9 Å². The van der Waals surface area contributed by atoms with E-state index in [4.69, 9.17) is 9.40 Å². The van der Waals surface area contributed by atoms with E-state index in [2.05, 4.69) is 43.9 Å². The SMILES string of the molecule is CNC(=O)c1c(-c2ccc(P)cc2F)oc2cc(N(C)S(C)=O)c(-c3ccc4c(n3)-c3cc5c(F)cccc5n3C(CN3CCC(C)(C)C3)P4)cc12. The number of hydrogen-bond acceptors (Lipinski definition) is 5. The quantitative estimate of drug-likeness (QED) is 0.174. The van der Waals surface area contributed by atoms with Crippen molar-refractivity contribution < 1.29 is 22.2 Å². The van der Waals surface area contributed by atoms with Gasteiger partial charge < -0.3 is 19.2 Å². The van der Waals surface area contributed by atoms with Crippen LogP contribution in [0.5, 0.6) is 0 Å². The summed E-state index contributed by atoms with van der Waals surface area (Å²) in [6.45, 7) is 7.52. The van der Waals surface area contributed by atoms with Gasteiger partial charge in [-0.2, -0.15) is 0 Å². The smallest absolute Gasteiger partial charge is 0.255 e. The molecule has 0 saturated carbocycles. The van der Waals surface area contributed by atoms with Gasteiger partial charge >= 0.3 is 0 Å². The molecule has 0 aliphatic carbocycles. The van der Waals surface area contributed by atoms with Gasteiger partial charge in [-0.1, -0.05) is 40.6 Å². The normalized spacial score (nSPS) is 17.8. The molecule has 6 aromatic rings. The number of pyridine rings is 1. The Labute approximate surface area is 307 Å². The number of rotatable bonds is 7. The van der Waals surface area contributed by atoms with Crippen LogP contribution >= 0.6 is 17.8 Å². The van der Waals surface area contributed by atoms with Crippen LogP contribution in [0.25, 0.3) is 55.8 Å². The highest BCUT2D eigenvalue weighted by Crippen LogP contribution is 2.47. The topological polar surface area (TPSA) is 83.6 Å². The van der Waals surface area contributed by atoms with Crippen molar-refractivity contribution in [3.63, 3.8) is 0 Å². The predicted molar refractivity (Wildman–Crippen MR) is 213 cm³/mol. The summed E-state index contributed by atoms with van der Waals surface area (Å²) in [5.74, 6) is -1.03. The van der Waals surface area contributed by atoms with Gasteiger partial charge in [0.05, 0.1) is 45.2 Å². The van der Waals surface area contributed by atoms with Crippen molar-refractivity contribution in [3.05, 3.63) is 83.9 Å². The highest BCUT2D eigenvalue weighted by atomic mass is 32.2. The number of nitrogens with zero attached hydrogens (tertiary/aromatic N) is 4. The minimum atomic E-state index is -1.43. The second-order valence-electron chi connectivity index (χ2n) is 14.4. The molecule has 1 saturated heterocycles. The lowest BCUT2D eigenvalue weighted by molar-refractivity contribution is 0.0964. The van der Waals surface area contributed by atoms with E-state index >= 15 is 8.78 Å². The second kappa shape index (κ2) is 13.1. The van der Waals surface area contributed by atoms with Crippen LogP contribution in [0, 0.1) is 17.0 Å². The van der Waals surface area contributed by atoms with Crippen LogP contribution in [-0.4, -0.2) is 64.6 Å². The lowest BCUT2D eigenvalue weighted by Gasteiger charge is -2.32. The Morgan fingerprint density at radius 3 is 2.62 bits per heavy atom. The first kappa shape index (κ1) is 35.0. The number of carbonyl (C=O) groups is 1. The molecule has 8 nitrogen and oxygen atoms in total. The lowest BCUT2D eigenvalue weighted by Crippen LogP contribution is -2.31. The molecule has 268 valence electrons. The molecule has 1 N–H and O–H groups in total. The van der Waals surface area contributed by atoms with Gasteiger partial charge in [0.25, 0.3) is 5.91 Å². The van der Waals surface area contributed by atoms with E-state index in [1.165, 1.54) is 19.2 Å². The predicted octanol–water partition coefficient (Wildman–Crippen LogP) is 7.20. The van der Waals surface area contributed by atoms with Crippen LogP contribution in [0.3, 0.4) is 0 Å². The zero-order valence-corrected chi connectivity index (χ0v) is 32.5. The molecule has 13 heteroatoms. The summed E-state index contributed by atoms with van der Waals surface area (Å²) in [5.41, 5.74) is 5.13. The molecule has 8 rings (SSSR count). The Morgan fingerprint density at radius 1 is 1.10 bits per heavy atom. The number of nitrogens with one attached hydrogen (secondary N) is 1. The third-order valence-corrected chi connectivity index (χ3v) is 13.1. The fourth-order valence-electron chi connectivity index (χ4n) is 7.64. The molecule has 0 radical (unpaired) electrons. The summed E-state index contributed by atoms with van der Waals surface area (Å²) >= 11 is 0. The zero-order chi connectivity index (χ0) is 36.6. The first-order valence-corrected chi connectivity index (χ1v) is 20.3. The first-order valence-electron chi connectivity index (χ1n) is 17.1. The molecule has 1 amide bonds. The van der Waals surface area contributed by atoms with Gasteiger partial charge in [0.1, 0.15) is 28.2 Å². The minimum Gasteiger partial charge on any atom is -0.455 e. The van der Waals surface area contributed by atoms with Crippen LogP contribution in [-0.2, 0) is 11.0 Å². The maximum Gasteiger partial charge on any atom is 0.255 e. The molecule has 4 atom stereocenters. The average molecular weight is 758 g/mol. The Bertz CT molecular complexity index is 2460. The van der Waals surface area contributed by atoms with Gasteiger partial charge in [-0.25, -0.2) is 18.0 Å². The number of aromatic nitrogens is 2.